The highest BCUT2D eigenvalue weighted by atomic mass is 19.4. The van der Waals surface area contributed by atoms with Gasteiger partial charge in [-0.05, 0) is 30.3 Å². The molecule has 1 aliphatic rings. The fourth-order valence-electron chi connectivity index (χ4n) is 3.52. The normalized spacial score (nSPS) is 15.2. The number of para-hydroxylation sites is 1. The summed E-state index contributed by atoms with van der Waals surface area (Å²) in [6, 6.07) is 8.39. The third-order valence-electron chi connectivity index (χ3n) is 5.23. The predicted octanol–water partition coefficient (Wildman–Crippen LogP) is 3.43. The van der Waals surface area contributed by atoms with Crippen molar-refractivity contribution in [1.82, 2.24) is 19.8 Å². The maximum absolute atomic E-state index is 14.0. The van der Waals surface area contributed by atoms with Gasteiger partial charge in [0, 0.05) is 26.2 Å². The van der Waals surface area contributed by atoms with Gasteiger partial charge in [0.1, 0.15) is 11.6 Å². The van der Waals surface area contributed by atoms with Crippen LogP contribution in [0.1, 0.15) is 11.4 Å². The first-order chi connectivity index (χ1) is 15.2. The van der Waals surface area contributed by atoms with E-state index in [9.17, 15) is 27.2 Å². The van der Waals surface area contributed by atoms with Crippen molar-refractivity contribution in [3.05, 3.63) is 70.0 Å². The van der Waals surface area contributed by atoms with Gasteiger partial charge in [0.05, 0.1) is 28.7 Å². The van der Waals surface area contributed by atoms with Crippen LogP contribution in [0.5, 0.6) is 0 Å². The highest BCUT2D eigenvalue weighted by Crippen LogP contribution is 2.31. The van der Waals surface area contributed by atoms with Crippen LogP contribution in [0, 0.1) is 5.82 Å². The van der Waals surface area contributed by atoms with Crippen molar-refractivity contribution < 1.29 is 22.4 Å². The molecule has 7 nitrogen and oxygen atoms in total. The van der Waals surface area contributed by atoms with Gasteiger partial charge < -0.3 is 15.2 Å². The van der Waals surface area contributed by atoms with E-state index in [-0.39, 0.29) is 11.2 Å². The molecule has 4 rings (SSSR count). The fourth-order valence-corrected chi connectivity index (χ4v) is 3.52. The average molecular weight is 449 g/mol. The number of hydrogen-bond donors (Lipinski definition) is 2. The van der Waals surface area contributed by atoms with Gasteiger partial charge in [-0.25, -0.2) is 14.2 Å². The van der Waals surface area contributed by atoms with Gasteiger partial charge >= 0.3 is 12.2 Å². The Bertz CT molecular complexity index is 1200. The van der Waals surface area contributed by atoms with Crippen molar-refractivity contribution in [2.45, 2.75) is 12.7 Å². The number of nitrogens with one attached hydrogen (secondary N) is 2. The number of anilines is 1. The lowest BCUT2D eigenvalue weighted by atomic mass is 10.2. The number of alkyl halides is 3. The number of rotatable bonds is 3. The van der Waals surface area contributed by atoms with E-state index in [4.69, 9.17) is 0 Å². The van der Waals surface area contributed by atoms with Gasteiger partial charge in [-0.1, -0.05) is 12.1 Å². The number of aromatic nitrogens is 2. The molecule has 0 saturated carbocycles. The molecule has 168 valence electrons. The summed E-state index contributed by atoms with van der Waals surface area (Å²) in [6.45, 7) is 2.01. The van der Waals surface area contributed by atoms with Crippen molar-refractivity contribution in [1.29, 1.82) is 0 Å². The van der Waals surface area contributed by atoms with E-state index < -0.39 is 23.6 Å². The molecule has 0 bridgehead atoms. The standard InChI is InChI=1S/C21H19F4N5O2/c22-15-11-13(21(23,24)25)5-6-17(15)27-20(32)30-9-7-29(8-10-30)12-18-26-16-4-2-1-3-14(16)19(31)28-18/h1-6,11H,7-10,12H2,(H,27,32)(H,26,28,31). The van der Waals surface area contributed by atoms with Gasteiger partial charge in [0.2, 0.25) is 0 Å². The highest BCUT2D eigenvalue weighted by Gasteiger charge is 2.31. The third kappa shape index (κ3) is 4.72. The molecule has 0 radical (unpaired) electrons. The molecule has 2 heterocycles. The summed E-state index contributed by atoms with van der Waals surface area (Å²) in [5, 5.41) is 2.82. The van der Waals surface area contributed by atoms with Crippen LogP contribution in [0.3, 0.4) is 0 Å². The smallest absolute Gasteiger partial charge is 0.322 e. The van der Waals surface area contributed by atoms with Crippen molar-refractivity contribution in [3.8, 4) is 0 Å². The number of nitrogens with zero attached hydrogens (tertiary/aromatic N) is 3. The minimum atomic E-state index is -4.66. The molecule has 2 aromatic carbocycles. The molecule has 11 heteroatoms. The Balaban J connectivity index is 1.35. The summed E-state index contributed by atoms with van der Waals surface area (Å²) in [6.07, 6.45) is -4.66. The zero-order valence-electron chi connectivity index (χ0n) is 16.7. The number of H-pyrrole nitrogens is 1. The monoisotopic (exact) mass is 449 g/mol. The number of carbonyl (C=O) groups is 1. The topological polar surface area (TPSA) is 81.3 Å². The van der Waals surface area contributed by atoms with E-state index in [2.05, 4.69) is 15.3 Å². The maximum atomic E-state index is 14.0. The Hall–Kier alpha value is -3.47. The predicted molar refractivity (Wildman–Crippen MR) is 110 cm³/mol. The minimum Gasteiger partial charge on any atom is -0.322 e. The number of aromatic amines is 1. The van der Waals surface area contributed by atoms with Crippen LogP contribution in [0.25, 0.3) is 10.9 Å². The molecule has 2 amide bonds. The number of amides is 2. The lowest BCUT2D eigenvalue weighted by molar-refractivity contribution is -0.137. The van der Waals surface area contributed by atoms with Crippen molar-refractivity contribution in [2.24, 2.45) is 0 Å². The Morgan fingerprint density at radius 1 is 1.09 bits per heavy atom. The molecule has 0 unspecified atom stereocenters. The van der Waals surface area contributed by atoms with Crippen LogP contribution in [0.2, 0.25) is 0 Å². The Morgan fingerprint density at radius 2 is 1.81 bits per heavy atom. The van der Waals surface area contributed by atoms with Crippen LogP contribution in [-0.4, -0.2) is 52.0 Å². The Kier molecular flexibility index (Phi) is 5.83. The number of hydrogen-bond acceptors (Lipinski definition) is 4. The first kappa shape index (κ1) is 21.8. The van der Waals surface area contributed by atoms with E-state index in [1.165, 1.54) is 4.90 Å². The summed E-state index contributed by atoms with van der Waals surface area (Å²) in [7, 11) is 0. The van der Waals surface area contributed by atoms with Gasteiger partial charge in [0.25, 0.3) is 5.56 Å². The molecule has 0 spiro atoms. The second kappa shape index (κ2) is 8.58. The van der Waals surface area contributed by atoms with E-state index in [0.717, 1.165) is 6.07 Å². The Labute approximate surface area is 179 Å². The summed E-state index contributed by atoms with van der Waals surface area (Å²) < 4.78 is 51.9. The van der Waals surface area contributed by atoms with E-state index in [0.29, 0.717) is 61.6 Å². The van der Waals surface area contributed by atoms with E-state index in [1.807, 2.05) is 4.90 Å². The van der Waals surface area contributed by atoms with E-state index >= 15 is 0 Å². The van der Waals surface area contributed by atoms with Crippen molar-refractivity contribution in [3.63, 3.8) is 0 Å². The highest BCUT2D eigenvalue weighted by molar-refractivity contribution is 5.89. The molecule has 32 heavy (non-hydrogen) atoms. The quantitative estimate of drug-likeness (QED) is 0.601. The lowest BCUT2D eigenvalue weighted by Crippen LogP contribution is -2.49. The van der Waals surface area contributed by atoms with E-state index in [1.54, 1.807) is 24.3 Å². The summed E-state index contributed by atoms with van der Waals surface area (Å²) in [5.41, 5.74) is -1.06. The number of fused-ring (bicyclic) bond motifs is 1. The summed E-state index contributed by atoms with van der Waals surface area (Å²) >= 11 is 0. The summed E-state index contributed by atoms with van der Waals surface area (Å²) in [5.74, 6) is -0.642. The molecular weight excluding hydrogens is 430 g/mol. The molecule has 3 aromatic rings. The molecule has 0 aliphatic carbocycles. The Morgan fingerprint density at radius 3 is 2.50 bits per heavy atom. The summed E-state index contributed by atoms with van der Waals surface area (Å²) in [4.78, 5) is 35.3. The average Bonchev–Trinajstić information content (AvgIpc) is 2.75. The third-order valence-corrected chi connectivity index (χ3v) is 5.23. The zero-order chi connectivity index (χ0) is 22.9. The number of benzene rings is 2. The zero-order valence-corrected chi connectivity index (χ0v) is 16.7. The second-order valence-corrected chi connectivity index (χ2v) is 7.42. The van der Waals surface area contributed by atoms with Crippen molar-refractivity contribution >= 4 is 22.6 Å². The van der Waals surface area contributed by atoms with Crippen molar-refractivity contribution in [2.75, 3.05) is 31.5 Å². The van der Waals surface area contributed by atoms with Crippen LogP contribution in [0.15, 0.2) is 47.3 Å². The van der Waals surface area contributed by atoms with Gasteiger partial charge in [-0.2, -0.15) is 13.2 Å². The lowest BCUT2D eigenvalue weighted by Gasteiger charge is -2.34. The molecule has 2 N–H and O–H groups in total. The first-order valence-corrected chi connectivity index (χ1v) is 9.84. The van der Waals surface area contributed by atoms with Gasteiger partial charge in [-0.3, -0.25) is 9.69 Å². The molecule has 1 saturated heterocycles. The SMILES string of the molecule is O=C(Nc1ccc(C(F)(F)F)cc1F)N1CCN(Cc2nc3ccccc3c(=O)[nH]2)CC1. The minimum absolute atomic E-state index is 0.220. The van der Waals surface area contributed by atoms with Gasteiger partial charge in [-0.15, -0.1) is 0 Å². The molecular formula is C21H19F4N5O2. The molecule has 1 fully saturated rings. The maximum Gasteiger partial charge on any atom is 0.416 e. The molecule has 1 aliphatic heterocycles. The molecule has 0 atom stereocenters. The van der Waals surface area contributed by atoms with Crippen LogP contribution >= 0.6 is 0 Å². The number of urea groups is 1. The van der Waals surface area contributed by atoms with Gasteiger partial charge in [0.15, 0.2) is 0 Å². The number of halogens is 4. The fraction of sp³-hybridized carbons (Fsp3) is 0.286. The number of piperazine rings is 1. The second-order valence-electron chi connectivity index (χ2n) is 7.42. The molecule has 1 aromatic heterocycles. The largest absolute Gasteiger partial charge is 0.416 e. The number of carbonyl (C=O) groups excluding carboxylic acids is 1. The first-order valence-electron chi connectivity index (χ1n) is 9.84. The van der Waals surface area contributed by atoms with Crippen LogP contribution < -0.4 is 10.9 Å². The van der Waals surface area contributed by atoms with Crippen LogP contribution in [0.4, 0.5) is 28.0 Å². The van der Waals surface area contributed by atoms with Crippen LogP contribution in [-0.2, 0) is 12.7 Å².